The van der Waals surface area contributed by atoms with E-state index in [2.05, 4.69) is 31.0 Å². The Morgan fingerprint density at radius 3 is 2.27 bits per heavy atom. The molecular formula is C18H31N3O. The van der Waals surface area contributed by atoms with Gasteiger partial charge < -0.3 is 16.0 Å². The zero-order chi connectivity index (χ0) is 16.9. The largest absolute Gasteiger partial charge is 0.353 e. The van der Waals surface area contributed by atoms with Gasteiger partial charge in [-0.15, -0.1) is 0 Å². The van der Waals surface area contributed by atoms with E-state index < -0.39 is 0 Å². The van der Waals surface area contributed by atoms with Crippen molar-refractivity contribution >= 4 is 5.91 Å². The number of amides is 1. The van der Waals surface area contributed by atoms with Crippen molar-refractivity contribution in [1.82, 2.24) is 10.2 Å². The molecule has 3 atom stereocenters. The Balaban J connectivity index is 2.68. The maximum Gasteiger partial charge on any atom is 0.224 e. The zero-order valence-corrected chi connectivity index (χ0v) is 14.8. The molecule has 0 spiro atoms. The summed E-state index contributed by atoms with van der Waals surface area (Å²) in [6.07, 6.45) is 0. The Kier molecular flexibility index (Phi) is 6.57. The molecule has 22 heavy (non-hydrogen) atoms. The second kappa shape index (κ2) is 7.75. The molecule has 1 rings (SSSR count). The van der Waals surface area contributed by atoms with Gasteiger partial charge in [-0.2, -0.15) is 0 Å². The van der Waals surface area contributed by atoms with Crippen LogP contribution in [0.3, 0.4) is 0 Å². The van der Waals surface area contributed by atoms with Crippen molar-refractivity contribution in [2.75, 3.05) is 20.6 Å². The summed E-state index contributed by atoms with van der Waals surface area (Å²) in [6, 6.07) is 9.57. The van der Waals surface area contributed by atoms with Crippen molar-refractivity contribution in [1.29, 1.82) is 0 Å². The normalized spacial score (nSPS) is 16.2. The first-order chi connectivity index (χ1) is 10.1. The lowest BCUT2D eigenvalue weighted by Crippen LogP contribution is -2.49. The summed E-state index contributed by atoms with van der Waals surface area (Å²) in [5, 5.41) is 3.13. The van der Waals surface area contributed by atoms with Crippen molar-refractivity contribution in [2.45, 2.75) is 39.8 Å². The molecular weight excluding hydrogens is 274 g/mol. The highest BCUT2D eigenvalue weighted by Gasteiger charge is 2.30. The summed E-state index contributed by atoms with van der Waals surface area (Å²) < 4.78 is 0. The summed E-state index contributed by atoms with van der Waals surface area (Å²) in [4.78, 5) is 14.6. The lowest BCUT2D eigenvalue weighted by Gasteiger charge is -2.35. The third-order valence-electron chi connectivity index (χ3n) is 4.39. The van der Waals surface area contributed by atoms with E-state index in [1.54, 1.807) is 0 Å². The van der Waals surface area contributed by atoms with Crippen LogP contribution in [0.5, 0.6) is 0 Å². The topological polar surface area (TPSA) is 58.4 Å². The van der Waals surface area contributed by atoms with Crippen molar-refractivity contribution in [3.63, 3.8) is 0 Å². The van der Waals surface area contributed by atoms with Crippen LogP contribution in [0.25, 0.3) is 0 Å². The van der Waals surface area contributed by atoms with Crippen molar-refractivity contribution < 1.29 is 4.79 Å². The summed E-state index contributed by atoms with van der Waals surface area (Å²) in [5.74, 6) is -0.254. The standard InChI is InChI=1S/C18H31N3O/c1-13(16(19)15-10-8-7-9-11-15)17(22)20-14(2)18(3,4)12-21(5)6/h7-11,13-14,16H,12,19H2,1-6H3,(H,20,22). The van der Waals surface area contributed by atoms with Crippen LogP contribution in [-0.2, 0) is 4.79 Å². The number of benzene rings is 1. The van der Waals surface area contributed by atoms with Crippen LogP contribution in [0.1, 0.15) is 39.3 Å². The first-order valence-corrected chi connectivity index (χ1v) is 7.91. The van der Waals surface area contributed by atoms with Crippen molar-refractivity contribution in [3.8, 4) is 0 Å². The molecule has 0 aliphatic heterocycles. The van der Waals surface area contributed by atoms with Gasteiger partial charge >= 0.3 is 0 Å². The molecule has 0 saturated carbocycles. The number of carbonyl (C=O) groups excluding carboxylic acids is 1. The van der Waals surface area contributed by atoms with Gasteiger partial charge in [0.15, 0.2) is 0 Å². The van der Waals surface area contributed by atoms with Crippen LogP contribution in [0.2, 0.25) is 0 Å². The summed E-state index contributed by atoms with van der Waals surface area (Å²) >= 11 is 0. The minimum Gasteiger partial charge on any atom is -0.353 e. The lowest BCUT2D eigenvalue weighted by molar-refractivity contribution is -0.126. The maximum absolute atomic E-state index is 12.5. The zero-order valence-electron chi connectivity index (χ0n) is 14.8. The molecule has 3 unspecified atom stereocenters. The van der Waals surface area contributed by atoms with Gasteiger partial charge in [0.05, 0.1) is 5.92 Å². The van der Waals surface area contributed by atoms with E-state index in [9.17, 15) is 4.79 Å². The van der Waals surface area contributed by atoms with Gasteiger partial charge in [-0.05, 0) is 32.0 Å². The smallest absolute Gasteiger partial charge is 0.224 e. The molecule has 0 bridgehead atoms. The first kappa shape index (κ1) is 18.7. The van der Waals surface area contributed by atoms with Gasteiger partial charge in [-0.25, -0.2) is 0 Å². The van der Waals surface area contributed by atoms with Gasteiger partial charge in [0.25, 0.3) is 0 Å². The lowest BCUT2D eigenvalue weighted by atomic mass is 9.84. The van der Waals surface area contributed by atoms with E-state index in [1.807, 2.05) is 51.4 Å². The molecule has 0 saturated heterocycles. The number of nitrogens with zero attached hydrogens (tertiary/aromatic N) is 1. The number of hydrogen-bond donors (Lipinski definition) is 2. The van der Waals surface area contributed by atoms with E-state index in [-0.39, 0.29) is 29.3 Å². The Labute approximate surface area is 135 Å². The molecule has 4 nitrogen and oxygen atoms in total. The minimum absolute atomic E-state index is 0.00424. The molecule has 1 amide bonds. The number of nitrogens with one attached hydrogen (secondary N) is 1. The molecule has 3 N–H and O–H groups in total. The number of nitrogens with two attached hydrogens (primary N) is 1. The Bertz CT molecular complexity index is 470. The molecule has 4 heteroatoms. The fourth-order valence-corrected chi connectivity index (χ4v) is 2.62. The van der Waals surface area contributed by atoms with Gasteiger partial charge in [-0.3, -0.25) is 4.79 Å². The Morgan fingerprint density at radius 2 is 1.77 bits per heavy atom. The second-order valence-corrected chi connectivity index (χ2v) is 7.18. The molecule has 0 aliphatic carbocycles. The quantitative estimate of drug-likeness (QED) is 0.813. The van der Waals surface area contributed by atoms with Crippen LogP contribution >= 0.6 is 0 Å². The number of hydrogen-bond acceptors (Lipinski definition) is 3. The van der Waals surface area contributed by atoms with Gasteiger partial charge in [0.2, 0.25) is 5.91 Å². The average Bonchev–Trinajstić information content (AvgIpc) is 2.45. The molecule has 124 valence electrons. The maximum atomic E-state index is 12.5. The molecule has 0 aliphatic rings. The average molecular weight is 305 g/mol. The molecule has 0 aromatic heterocycles. The summed E-state index contributed by atoms with van der Waals surface area (Å²) in [7, 11) is 4.09. The predicted molar refractivity (Wildman–Crippen MR) is 92.5 cm³/mol. The summed E-state index contributed by atoms with van der Waals surface area (Å²) in [5.41, 5.74) is 7.22. The number of carbonyl (C=O) groups is 1. The Hall–Kier alpha value is -1.39. The van der Waals surface area contributed by atoms with Crippen LogP contribution in [0.15, 0.2) is 30.3 Å². The van der Waals surface area contributed by atoms with Crippen molar-refractivity contribution in [2.24, 2.45) is 17.1 Å². The SMILES string of the molecule is CC(C(=O)NC(C)C(C)(C)CN(C)C)C(N)c1ccccc1. The van der Waals surface area contributed by atoms with Crippen LogP contribution in [0.4, 0.5) is 0 Å². The predicted octanol–water partition coefficient (Wildman–Crippen LogP) is 2.42. The van der Waals surface area contributed by atoms with E-state index in [1.165, 1.54) is 0 Å². The molecule has 1 aromatic rings. The fourth-order valence-electron chi connectivity index (χ4n) is 2.62. The first-order valence-electron chi connectivity index (χ1n) is 7.91. The third kappa shape index (κ3) is 5.11. The van der Waals surface area contributed by atoms with E-state index in [0.717, 1.165) is 12.1 Å². The molecule has 0 heterocycles. The van der Waals surface area contributed by atoms with E-state index in [4.69, 9.17) is 5.73 Å². The van der Waals surface area contributed by atoms with E-state index >= 15 is 0 Å². The van der Waals surface area contributed by atoms with Gasteiger partial charge in [0, 0.05) is 18.6 Å². The molecule has 1 aromatic carbocycles. The second-order valence-electron chi connectivity index (χ2n) is 7.18. The number of rotatable bonds is 7. The molecule has 0 radical (unpaired) electrons. The third-order valence-corrected chi connectivity index (χ3v) is 4.39. The highest BCUT2D eigenvalue weighted by molar-refractivity contribution is 5.79. The Morgan fingerprint density at radius 1 is 1.23 bits per heavy atom. The van der Waals surface area contributed by atoms with Crippen LogP contribution in [0, 0.1) is 11.3 Å². The summed E-state index contributed by atoms with van der Waals surface area (Å²) in [6.45, 7) is 9.19. The molecule has 0 fully saturated rings. The fraction of sp³-hybridized carbons (Fsp3) is 0.611. The van der Waals surface area contributed by atoms with Crippen LogP contribution in [-0.4, -0.2) is 37.5 Å². The van der Waals surface area contributed by atoms with Gasteiger partial charge in [0.1, 0.15) is 0 Å². The highest BCUT2D eigenvalue weighted by Crippen LogP contribution is 2.23. The van der Waals surface area contributed by atoms with E-state index in [0.29, 0.717) is 0 Å². The highest BCUT2D eigenvalue weighted by atomic mass is 16.2. The van der Waals surface area contributed by atoms with Gasteiger partial charge in [-0.1, -0.05) is 51.1 Å². The van der Waals surface area contributed by atoms with Crippen LogP contribution < -0.4 is 11.1 Å². The minimum atomic E-state index is -0.287. The monoisotopic (exact) mass is 305 g/mol. The van der Waals surface area contributed by atoms with Crippen molar-refractivity contribution in [3.05, 3.63) is 35.9 Å².